The molecule has 1 aliphatic heterocycles. The van der Waals surface area contributed by atoms with Crippen LogP contribution in [0.1, 0.15) is 18.9 Å². The van der Waals surface area contributed by atoms with E-state index in [0.29, 0.717) is 24.5 Å². The number of hydrogen-bond donors (Lipinski definition) is 1. The van der Waals surface area contributed by atoms with Crippen LogP contribution in [0.15, 0.2) is 42.5 Å². The summed E-state index contributed by atoms with van der Waals surface area (Å²) in [7, 11) is 1.95. The van der Waals surface area contributed by atoms with Gasteiger partial charge in [0.1, 0.15) is 11.8 Å². The van der Waals surface area contributed by atoms with Gasteiger partial charge in [-0.3, -0.25) is 5.32 Å². The number of aromatic nitrogens is 1. The second-order valence-corrected chi connectivity index (χ2v) is 9.38. The lowest BCUT2D eigenvalue weighted by atomic mass is 10.1. The quantitative estimate of drug-likeness (QED) is 0.454. The predicted molar refractivity (Wildman–Crippen MR) is 138 cm³/mol. The smallest absolute Gasteiger partial charge is 0.411 e. The lowest BCUT2D eigenvalue weighted by molar-refractivity contribution is 0.168. The van der Waals surface area contributed by atoms with Crippen LogP contribution < -0.4 is 10.1 Å². The number of benzene rings is 2. The first kappa shape index (κ1) is 24.0. The van der Waals surface area contributed by atoms with Crippen molar-refractivity contribution in [2.45, 2.75) is 13.3 Å². The fourth-order valence-electron chi connectivity index (χ4n) is 4.29. The Morgan fingerprint density at radius 1 is 1.21 bits per heavy atom. The maximum absolute atomic E-state index is 11.8. The topological polar surface area (TPSA) is 79.5 Å². The second-order valence-electron chi connectivity index (χ2n) is 8.16. The number of nitriles is 1. The third-order valence-corrected chi connectivity index (χ3v) is 6.88. The Labute approximate surface area is 204 Å². The second kappa shape index (κ2) is 11.3. The lowest BCUT2D eigenvalue weighted by Gasteiger charge is -2.25. The van der Waals surface area contributed by atoms with Crippen molar-refractivity contribution in [3.05, 3.63) is 48.0 Å². The molecule has 1 fully saturated rings. The zero-order valence-electron chi connectivity index (χ0n) is 19.7. The minimum atomic E-state index is -0.502. The summed E-state index contributed by atoms with van der Waals surface area (Å²) in [5.41, 5.74) is 3.78. The van der Waals surface area contributed by atoms with Crippen molar-refractivity contribution in [1.29, 1.82) is 5.26 Å². The summed E-state index contributed by atoms with van der Waals surface area (Å²) in [5.74, 6) is 3.24. The van der Waals surface area contributed by atoms with E-state index in [0.717, 1.165) is 54.0 Å². The molecule has 8 heteroatoms. The molecule has 1 N–H and O–H groups in total. The predicted octanol–water partition coefficient (Wildman–Crippen LogP) is 5.10. The van der Waals surface area contributed by atoms with Gasteiger partial charge in [-0.25, -0.2) is 4.79 Å². The van der Waals surface area contributed by atoms with E-state index < -0.39 is 6.09 Å². The average Bonchev–Trinajstić information content (AvgIpc) is 3.14. The molecule has 1 aromatic heterocycles. The van der Waals surface area contributed by atoms with Crippen molar-refractivity contribution in [2.24, 2.45) is 7.05 Å². The van der Waals surface area contributed by atoms with Crippen molar-refractivity contribution >= 4 is 34.4 Å². The number of ether oxygens (including phenoxy) is 2. The van der Waals surface area contributed by atoms with Gasteiger partial charge in [-0.2, -0.15) is 17.0 Å². The van der Waals surface area contributed by atoms with Crippen LogP contribution in [0.3, 0.4) is 0 Å². The monoisotopic (exact) mass is 478 g/mol. The van der Waals surface area contributed by atoms with E-state index in [9.17, 15) is 10.1 Å². The van der Waals surface area contributed by atoms with Crippen LogP contribution >= 0.6 is 11.8 Å². The van der Waals surface area contributed by atoms with Gasteiger partial charge in [-0.05, 0) is 37.6 Å². The lowest BCUT2D eigenvalue weighted by Crippen LogP contribution is -2.33. The molecule has 0 bridgehead atoms. The van der Waals surface area contributed by atoms with Crippen LogP contribution in [0.4, 0.5) is 10.5 Å². The van der Waals surface area contributed by atoms with Crippen molar-refractivity contribution in [2.75, 3.05) is 49.7 Å². The molecule has 0 spiro atoms. The Morgan fingerprint density at radius 2 is 2.03 bits per heavy atom. The van der Waals surface area contributed by atoms with Crippen LogP contribution in [0.2, 0.25) is 0 Å². The van der Waals surface area contributed by atoms with Crippen LogP contribution in [0.25, 0.3) is 22.2 Å². The maximum Gasteiger partial charge on any atom is 0.411 e. The SMILES string of the molecule is CCOC(=O)Nc1cccc(-c2c(C#N)c3ccc(OCCCN4CCSCC4)cc3n2C)c1. The number of amides is 1. The fourth-order valence-corrected chi connectivity index (χ4v) is 5.27. The minimum absolute atomic E-state index is 0.301. The number of hydrogen-bond acceptors (Lipinski definition) is 6. The number of rotatable bonds is 8. The molecular formula is C26H30N4O3S. The number of fused-ring (bicyclic) bond motifs is 1. The first-order valence-electron chi connectivity index (χ1n) is 11.6. The molecule has 1 amide bonds. The number of nitrogens with zero attached hydrogens (tertiary/aromatic N) is 3. The van der Waals surface area contributed by atoms with Crippen LogP contribution in [0.5, 0.6) is 5.75 Å². The highest BCUT2D eigenvalue weighted by Gasteiger charge is 2.18. The van der Waals surface area contributed by atoms with E-state index in [4.69, 9.17) is 9.47 Å². The molecular weight excluding hydrogens is 448 g/mol. The van der Waals surface area contributed by atoms with Gasteiger partial charge in [0.05, 0.1) is 30.0 Å². The zero-order chi connectivity index (χ0) is 23.9. The fraction of sp³-hybridized carbons (Fsp3) is 0.385. The third-order valence-electron chi connectivity index (χ3n) is 5.93. The molecule has 2 aromatic carbocycles. The number of nitrogens with one attached hydrogen (secondary N) is 1. The zero-order valence-corrected chi connectivity index (χ0v) is 20.5. The first-order chi connectivity index (χ1) is 16.6. The van der Waals surface area contributed by atoms with Gasteiger partial charge < -0.3 is 18.9 Å². The molecule has 0 saturated carbocycles. The number of thioether (sulfide) groups is 1. The summed E-state index contributed by atoms with van der Waals surface area (Å²) < 4.78 is 13.0. The van der Waals surface area contributed by atoms with Gasteiger partial charge in [0.25, 0.3) is 0 Å². The highest BCUT2D eigenvalue weighted by Crippen LogP contribution is 2.35. The van der Waals surface area contributed by atoms with E-state index in [1.54, 1.807) is 13.0 Å². The van der Waals surface area contributed by atoms with Crippen molar-refractivity contribution < 1.29 is 14.3 Å². The van der Waals surface area contributed by atoms with Crippen LogP contribution in [-0.2, 0) is 11.8 Å². The Bertz CT molecular complexity index is 1190. The van der Waals surface area contributed by atoms with Gasteiger partial charge in [0, 0.05) is 60.9 Å². The molecule has 34 heavy (non-hydrogen) atoms. The van der Waals surface area contributed by atoms with Crippen molar-refractivity contribution in [3.63, 3.8) is 0 Å². The Kier molecular flexibility index (Phi) is 7.99. The molecule has 1 aliphatic rings. The summed E-state index contributed by atoms with van der Waals surface area (Å²) in [4.78, 5) is 14.3. The number of carbonyl (C=O) groups is 1. The largest absolute Gasteiger partial charge is 0.493 e. The van der Waals surface area contributed by atoms with E-state index >= 15 is 0 Å². The minimum Gasteiger partial charge on any atom is -0.493 e. The van der Waals surface area contributed by atoms with Gasteiger partial charge in [0.15, 0.2) is 0 Å². The Hall–Kier alpha value is -3.15. The molecule has 0 unspecified atom stereocenters. The summed E-state index contributed by atoms with van der Waals surface area (Å²) in [6.07, 6.45) is 0.489. The van der Waals surface area contributed by atoms with Gasteiger partial charge in [-0.15, -0.1) is 0 Å². The van der Waals surface area contributed by atoms with Crippen molar-refractivity contribution in [3.8, 4) is 23.1 Å². The maximum atomic E-state index is 11.8. The molecule has 0 radical (unpaired) electrons. The summed E-state index contributed by atoms with van der Waals surface area (Å²) >= 11 is 2.02. The van der Waals surface area contributed by atoms with Crippen LogP contribution in [-0.4, -0.2) is 59.9 Å². The molecule has 178 valence electrons. The van der Waals surface area contributed by atoms with Crippen LogP contribution in [0, 0.1) is 11.3 Å². The third kappa shape index (κ3) is 5.49. The summed E-state index contributed by atoms with van der Waals surface area (Å²) in [6.45, 7) is 6.11. The van der Waals surface area contributed by atoms with E-state index in [1.807, 2.05) is 59.8 Å². The molecule has 0 aliphatic carbocycles. The standard InChI is InChI=1S/C26H30N4O3S/c1-3-32-26(31)28-20-7-4-6-19(16-20)25-23(18-27)22-9-8-21(17-24(22)29(25)2)33-13-5-10-30-11-14-34-15-12-30/h4,6-9,16-17H,3,5,10-15H2,1-2H3,(H,28,31). The molecule has 2 heterocycles. The normalized spacial score (nSPS) is 14.0. The Morgan fingerprint density at radius 3 is 2.79 bits per heavy atom. The molecule has 4 rings (SSSR count). The highest BCUT2D eigenvalue weighted by atomic mass is 32.2. The van der Waals surface area contributed by atoms with E-state index in [1.165, 1.54) is 11.5 Å². The number of aryl methyl sites for hydroxylation is 1. The first-order valence-corrected chi connectivity index (χ1v) is 12.8. The molecule has 3 aromatic rings. The molecule has 0 atom stereocenters. The summed E-state index contributed by atoms with van der Waals surface area (Å²) in [5, 5.41) is 13.6. The molecule has 7 nitrogen and oxygen atoms in total. The average molecular weight is 479 g/mol. The van der Waals surface area contributed by atoms with Crippen molar-refractivity contribution in [1.82, 2.24) is 9.47 Å². The number of anilines is 1. The van der Waals surface area contributed by atoms with Gasteiger partial charge in [-0.1, -0.05) is 12.1 Å². The van der Waals surface area contributed by atoms with E-state index in [2.05, 4.69) is 16.3 Å². The summed E-state index contributed by atoms with van der Waals surface area (Å²) in [6, 6.07) is 15.7. The molecule has 1 saturated heterocycles. The van der Waals surface area contributed by atoms with Gasteiger partial charge in [0.2, 0.25) is 0 Å². The Balaban J connectivity index is 1.53. The number of carbonyl (C=O) groups excluding carboxylic acids is 1. The highest BCUT2D eigenvalue weighted by molar-refractivity contribution is 7.99. The van der Waals surface area contributed by atoms with Gasteiger partial charge >= 0.3 is 6.09 Å². The van der Waals surface area contributed by atoms with E-state index in [-0.39, 0.29) is 0 Å².